The largest absolute Gasteiger partial charge is 0.437 e. The Morgan fingerprint density at radius 2 is 1.69 bits per heavy atom. The van der Waals surface area contributed by atoms with Crippen molar-refractivity contribution < 1.29 is 27.9 Å². The minimum atomic E-state index is -5.29. The van der Waals surface area contributed by atoms with Gasteiger partial charge in [0.25, 0.3) is 0 Å². The Balaban J connectivity index is 1.93. The van der Waals surface area contributed by atoms with E-state index in [0.29, 0.717) is 11.3 Å². The van der Waals surface area contributed by atoms with Crippen molar-refractivity contribution in [1.29, 1.82) is 0 Å². The van der Waals surface area contributed by atoms with E-state index >= 15 is 0 Å². The number of rotatable bonds is 4. The molecule has 1 aliphatic heterocycles. The molecule has 1 fully saturated rings. The maximum absolute atomic E-state index is 13.8. The first-order valence-electron chi connectivity index (χ1n) is 9.70. The lowest BCUT2D eigenvalue weighted by Gasteiger charge is -2.44. The summed E-state index contributed by atoms with van der Waals surface area (Å²) in [4.78, 5) is 24.6. The van der Waals surface area contributed by atoms with Crippen LogP contribution in [0.25, 0.3) is 16.9 Å². The number of carbonyl (C=O) groups is 2. The molecule has 0 bridgehead atoms. The molecule has 1 aliphatic rings. The van der Waals surface area contributed by atoms with Gasteiger partial charge in [0.2, 0.25) is 5.72 Å². The van der Waals surface area contributed by atoms with Crippen molar-refractivity contribution in [3.8, 4) is 16.9 Å². The summed E-state index contributed by atoms with van der Waals surface area (Å²) in [5.41, 5.74) is -2.10. The number of ketones is 1. The fourth-order valence-electron chi connectivity index (χ4n) is 3.93. The Hall–Kier alpha value is -3.66. The van der Waals surface area contributed by atoms with E-state index in [2.05, 4.69) is 10.4 Å². The van der Waals surface area contributed by atoms with E-state index in [0.717, 1.165) is 6.92 Å². The number of benzene rings is 2. The summed E-state index contributed by atoms with van der Waals surface area (Å²) in [7, 11) is 0. The van der Waals surface area contributed by atoms with Crippen LogP contribution in [0.2, 0.25) is 0 Å². The quantitative estimate of drug-likeness (QED) is 0.575. The Morgan fingerprint density at radius 3 is 2.25 bits per heavy atom. The van der Waals surface area contributed by atoms with E-state index in [1.165, 1.54) is 16.2 Å². The predicted octanol–water partition coefficient (Wildman–Crippen LogP) is 3.35. The SMILES string of the molecule is CC(=O)[C@@H]1[C@@H](c2cn(-c3ccccc3)nc2-c2ccccc2)NC(=O)N[C@]1(O)C(F)(F)F. The van der Waals surface area contributed by atoms with Gasteiger partial charge in [0.1, 0.15) is 5.78 Å². The molecule has 7 nitrogen and oxygen atoms in total. The molecule has 166 valence electrons. The van der Waals surface area contributed by atoms with Gasteiger partial charge < -0.3 is 15.7 Å². The van der Waals surface area contributed by atoms with Crippen LogP contribution in [0, 0.1) is 5.92 Å². The van der Waals surface area contributed by atoms with Crippen molar-refractivity contribution in [2.45, 2.75) is 24.9 Å². The summed E-state index contributed by atoms with van der Waals surface area (Å²) < 4.78 is 42.9. The van der Waals surface area contributed by atoms with E-state index in [-0.39, 0.29) is 11.3 Å². The summed E-state index contributed by atoms with van der Waals surface area (Å²) in [5, 5.41) is 18.9. The van der Waals surface area contributed by atoms with Crippen LogP contribution in [-0.2, 0) is 4.79 Å². The van der Waals surface area contributed by atoms with E-state index in [1.54, 1.807) is 60.7 Å². The lowest BCUT2D eigenvalue weighted by atomic mass is 9.79. The van der Waals surface area contributed by atoms with Gasteiger partial charge in [-0.1, -0.05) is 48.5 Å². The number of carbonyl (C=O) groups excluding carboxylic acids is 2. The number of hydrogen-bond donors (Lipinski definition) is 3. The number of halogens is 3. The van der Waals surface area contributed by atoms with E-state index < -0.39 is 35.7 Å². The number of urea groups is 1. The molecule has 0 aliphatic carbocycles. The summed E-state index contributed by atoms with van der Waals surface area (Å²) in [6.07, 6.45) is -3.83. The first kappa shape index (κ1) is 21.6. The van der Waals surface area contributed by atoms with Crippen LogP contribution in [0.4, 0.5) is 18.0 Å². The molecular formula is C22H19F3N4O3. The number of aliphatic hydroxyl groups is 1. The number of aromatic nitrogens is 2. The zero-order valence-corrected chi connectivity index (χ0v) is 16.8. The third-order valence-corrected chi connectivity index (χ3v) is 5.39. The molecule has 2 amide bonds. The van der Waals surface area contributed by atoms with Crippen LogP contribution in [0.15, 0.2) is 66.9 Å². The van der Waals surface area contributed by atoms with Crippen molar-refractivity contribution in [3.63, 3.8) is 0 Å². The normalized spacial score (nSPS) is 23.3. The number of nitrogens with zero attached hydrogens (tertiary/aromatic N) is 2. The van der Waals surface area contributed by atoms with Gasteiger partial charge in [0.05, 0.1) is 23.3 Å². The van der Waals surface area contributed by atoms with Gasteiger partial charge in [0.15, 0.2) is 0 Å². The highest BCUT2D eigenvalue weighted by atomic mass is 19.4. The highest BCUT2D eigenvalue weighted by Crippen LogP contribution is 2.44. The molecule has 0 saturated carbocycles. The summed E-state index contributed by atoms with van der Waals surface area (Å²) in [5.74, 6) is -3.00. The average Bonchev–Trinajstić information content (AvgIpc) is 3.19. The zero-order chi connectivity index (χ0) is 23.1. The summed E-state index contributed by atoms with van der Waals surface area (Å²) >= 11 is 0. The van der Waals surface area contributed by atoms with E-state index in [1.807, 2.05) is 0 Å². The third kappa shape index (κ3) is 3.62. The first-order chi connectivity index (χ1) is 15.1. The number of para-hydroxylation sites is 1. The van der Waals surface area contributed by atoms with Crippen LogP contribution in [0.5, 0.6) is 0 Å². The van der Waals surface area contributed by atoms with Crippen molar-refractivity contribution in [1.82, 2.24) is 20.4 Å². The minimum absolute atomic E-state index is 0.165. The number of Topliss-reactive ketones (excluding diaryl/α,β-unsaturated/α-hetero) is 1. The zero-order valence-electron chi connectivity index (χ0n) is 16.8. The summed E-state index contributed by atoms with van der Waals surface area (Å²) in [6, 6.07) is 14.8. The summed E-state index contributed by atoms with van der Waals surface area (Å²) in [6.45, 7) is 0.942. The van der Waals surface area contributed by atoms with Crippen molar-refractivity contribution >= 4 is 11.8 Å². The van der Waals surface area contributed by atoms with Crippen LogP contribution < -0.4 is 10.6 Å². The van der Waals surface area contributed by atoms with E-state index in [9.17, 15) is 27.9 Å². The first-order valence-corrected chi connectivity index (χ1v) is 9.70. The molecular weight excluding hydrogens is 425 g/mol. The molecule has 32 heavy (non-hydrogen) atoms. The van der Waals surface area contributed by atoms with Crippen molar-refractivity contribution in [2.75, 3.05) is 0 Å². The van der Waals surface area contributed by atoms with Gasteiger partial charge >= 0.3 is 12.2 Å². The Bertz CT molecular complexity index is 1150. The van der Waals surface area contributed by atoms with Gasteiger partial charge in [-0.25, -0.2) is 9.48 Å². The fourth-order valence-corrected chi connectivity index (χ4v) is 3.93. The number of alkyl halides is 3. The number of hydrogen-bond acceptors (Lipinski definition) is 4. The Morgan fingerprint density at radius 1 is 1.09 bits per heavy atom. The maximum atomic E-state index is 13.8. The molecule has 0 unspecified atom stereocenters. The molecule has 1 saturated heterocycles. The average molecular weight is 444 g/mol. The Labute approximate surface area is 180 Å². The second-order valence-corrected chi connectivity index (χ2v) is 7.51. The van der Waals surface area contributed by atoms with Crippen LogP contribution in [-0.4, -0.2) is 38.6 Å². The number of amides is 2. The van der Waals surface area contributed by atoms with E-state index in [4.69, 9.17) is 0 Å². The molecule has 3 atom stereocenters. The molecule has 0 spiro atoms. The molecule has 1 aromatic heterocycles. The van der Waals surface area contributed by atoms with Crippen molar-refractivity contribution in [3.05, 3.63) is 72.4 Å². The molecule has 2 heterocycles. The van der Waals surface area contributed by atoms with Crippen LogP contribution in [0.1, 0.15) is 18.5 Å². The lowest BCUT2D eigenvalue weighted by Crippen LogP contribution is -2.72. The Kier molecular flexibility index (Phi) is 5.25. The fraction of sp³-hybridized carbons (Fsp3) is 0.227. The predicted molar refractivity (Wildman–Crippen MR) is 109 cm³/mol. The third-order valence-electron chi connectivity index (χ3n) is 5.39. The van der Waals surface area contributed by atoms with Gasteiger partial charge in [-0.15, -0.1) is 0 Å². The molecule has 2 aromatic carbocycles. The molecule has 10 heteroatoms. The highest BCUT2D eigenvalue weighted by molar-refractivity contribution is 5.86. The topological polar surface area (TPSA) is 96.2 Å². The molecule has 0 radical (unpaired) electrons. The van der Waals surface area contributed by atoms with Gasteiger partial charge in [-0.05, 0) is 19.1 Å². The molecule has 3 aromatic rings. The molecule has 3 N–H and O–H groups in total. The van der Waals surface area contributed by atoms with Gasteiger partial charge in [0, 0.05) is 17.3 Å². The van der Waals surface area contributed by atoms with Crippen LogP contribution in [0.3, 0.4) is 0 Å². The van der Waals surface area contributed by atoms with Crippen molar-refractivity contribution in [2.24, 2.45) is 5.92 Å². The molecule has 4 rings (SSSR count). The second kappa shape index (κ2) is 7.79. The maximum Gasteiger partial charge on any atom is 0.437 e. The van der Waals surface area contributed by atoms with Gasteiger partial charge in [-0.3, -0.25) is 4.79 Å². The van der Waals surface area contributed by atoms with Crippen LogP contribution >= 0.6 is 0 Å². The smallest absolute Gasteiger partial charge is 0.363 e. The highest BCUT2D eigenvalue weighted by Gasteiger charge is 2.66. The standard InChI is InChI=1S/C22H19F3N4O3/c1-13(30)17-19(26-20(31)27-21(17,32)22(23,24)25)16-12-29(15-10-6-3-7-11-15)28-18(16)14-8-4-2-5-9-14/h2-12,17,19,32H,1H3,(H2,26,27,31)/t17-,19-,21-/m1/s1. The minimum Gasteiger partial charge on any atom is -0.363 e. The second-order valence-electron chi connectivity index (χ2n) is 7.51. The lowest BCUT2D eigenvalue weighted by molar-refractivity contribution is -0.290. The van der Waals surface area contributed by atoms with Gasteiger partial charge in [-0.2, -0.15) is 18.3 Å². The monoisotopic (exact) mass is 444 g/mol. The number of nitrogens with one attached hydrogen (secondary N) is 2.